The van der Waals surface area contributed by atoms with Crippen molar-refractivity contribution in [3.8, 4) is 0 Å². The number of hydrazine groups is 1. The number of benzene rings is 3. The molecule has 10 nitrogen and oxygen atoms in total. The van der Waals surface area contributed by atoms with Gasteiger partial charge in [0.25, 0.3) is 11.8 Å². The van der Waals surface area contributed by atoms with Gasteiger partial charge in [0.15, 0.2) is 0 Å². The van der Waals surface area contributed by atoms with Gasteiger partial charge in [0.1, 0.15) is 0 Å². The first-order chi connectivity index (χ1) is 21.3. The highest BCUT2D eigenvalue weighted by Gasteiger charge is 2.45. The van der Waals surface area contributed by atoms with Crippen LogP contribution in [0, 0.1) is 17.3 Å². The van der Waals surface area contributed by atoms with Crippen LogP contribution < -0.4 is 10.7 Å². The van der Waals surface area contributed by atoms with Crippen molar-refractivity contribution >= 4 is 32.6 Å². The van der Waals surface area contributed by atoms with Crippen LogP contribution in [0.25, 0.3) is 10.8 Å². The molecule has 0 aliphatic rings. The number of fused-ring (bicyclic) bond motifs is 1. The largest absolute Gasteiger partial charge is 0.383 e. The number of rotatable bonds is 16. The van der Waals surface area contributed by atoms with Crippen LogP contribution in [0.2, 0.25) is 0 Å². The molecular formula is C34H48N4O6S. The summed E-state index contributed by atoms with van der Waals surface area (Å²) in [5, 5.41) is 15.3. The third-order valence-electron chi connectivity index (χ3n) is 7.77. The molecule has 0 heterocycles. The molecule has 3 aromatic carbocycles. The van der Waals surface area contributed by atoms with Gasteiger partial charge in [0.05, 0.1) is 18.0 Å². The summed E-state index contributed by atoms with van der Waals surface area (Å²) in [6.45, 7) is 10.5. The molecule has 3 rings (SSSR count). The Hall–Kier alpha value is -3.35. The summed E-state index contributed by atoms with van der Waals surface area (Å²) in [5.41, 5.74) is 2.26. The highest BCUT2D eigenvalue weighted by molar-refractivity contribution is 7.89. The SMILES string of the molecule is COCCNCC(=O)NN(O)C(=O)CC(C)(C)[C@H]([C@H](C)Cc1ccccc1)N(CC(C)C)S(=O)(=O)c1ccc2ccccc2c1. The minimum absolute atomic E-state index is 0.0163. The van der Waals surface area contributed by atoms with Crippen LogP contribution >= 0.6 is 0 Å². The van der Waals surface area contributed by atoms with Gasteiger partial charge in [-0.15, -0.1) is 5.17 Å². The lowest BCUT2D eigenvalue weighted by Crippen LogP contribution is -2.55. The first-order valence-electron chi connectivity index (χ1n) is 15.3. The van der Waals surface area contributed by atoms with Gasteiger partial charge in [-0.1, -0.05) is 95.3 Å². The van der Waals surface area contributed by atoms with Gasteiger partial charge in [0, 0.05) is 32.7 Å². The number of nitrogens with one attached hydrogen (secondary N) is 2. The smallest absolute Gasteiger partial charge is 0.267 e. The Bertz CT molecular complexity index is 1510. The predicted octanol–water partition coefficient (Wildman–Crippen LogP) is 4.64. The summed E-state index contributed by atoms with van der Waals surface area (Å²) in [6.07, 6.45) is 0.337. The van der Waals surface area contributed by atoms with E-state index in [-0.39, 0.29) is 41.4 Å². The third-order valence-corrected chi connectivity index (χ3v) is 9.61. The van der Waals surface area contributed by atoms with Gasteiger partial charge in [0.2, 0.25) is 10.0 Å². The molecule has 0 aliphatic carbocycles. The summed E-state index contributed by atoms with van der Waals surface area (Å²) < 4.78 is 35.6. The van der Waals surface area contributed by atoms with E-state index >= 15 is 0 Å². The minimum Gasteiger partial charge on any atom is -0.383 e. The fourth-order valence-electron chi connectivity index (χ4n) is 5.89. The number of ether oxygens (including phenoxy) is 1. The van der Waals surface area contributed by atoms with Gasteiger partial charge >= 0.3 is 0 Å². The zero-order valence-corrected chi connectivity index (χ0v) is 28.0. The average molecular weight is 641 g/mol. The van der Waals surface area contributed by atoms with Gasteiger partial charge in [-0.05, 0) is 52.1 Å². The normalized spacial score (nSPS) is 13.6. The molecular weight excluding hydrogens is 592 g/mol. The topological polar surface area (TPSA) is 128 Å². The molecule has 0 spiro atoms. The highest BCUT2D eigenvalue weighted by atomic mass is 32.2. The molecule has 3 aromatic rings. The molecule has 0 radical (unpaired) electrons. The fourth-order valence-corrected chi connectivity index (χ4v) is 7.96. The van der Waals surface area contributed by atoms with E-state index in [2.05, 4.69) is 10.7 Å². The molecule has 45 heavy (non-hydrogen) atoms. The molecule has 11 heteroatoms. The summed E-state index contributed by atoms with van der Waals surface area (Å²) in [4.78, 5) is 25.8. The second kappa shape index (κ2) is 16.3. The van der Waals surface area contributed by atoms with Crippen molar-refractivity contribution in [2.75, 3.05) is 33.4 Å². The first kappa shape index (κ1) is 36.1. The third kappa shape index (κ3) is 10.1. The van der Waals surface area contributed by atoms with E-state index in [4.69, 9.17) is 4.74 Å². The van der Waals surface area contributed by atoms with Crippen LogP contribution in [0.15, 0.2) is 77.7 Å². The molecule has 0 saturated heterocycles. The number of amides is 2. The van der Waals surface area contributed by atoms with Crippen LogP contribution in [0.4, 0.5) is 0 Å². The number of hydrogen-bond donors (Lipinski definition) is 3. The molecule has 0 fully saturated rings. The highest BCUT2D eigenvalue weighted by Crippen LogP contribution is 2.39. The Morgan fingerprint density at radius 2 is 1.60 bits per heavy atom. The summed E-state index contributed by atoms with van der Waals surface area (Å²) in [5.74, 6) is -1.60. The molecule has 0 bridgehead atoms. The quantitative estimate of drug-likeness (QED) is 0.118. The molecule has 2 atom stereocenters. The maximum absolute atomic E-state index is 14.6. The number of carbonyl (C=O) groups is 2. The van der Waals surface area contributed by atoms with Gasteiger partial charge < -0.3 is 10.1 Å². The van der Waals surface area contributed by atoms with Crippen LogP contribution in [-0.4, -0.2) is 74.3 Å². The maximum atomic E-state index is 14.6. The Morgan fingerprint density at radius 1 is 0.956 bits per heavy atom. The van der Waals surface area contributed by atoms with E-state index in [1.54, 1.807) is 23.5 Å². The van der Waals surface area contributed by atoms with Gasteiger partial charge in [-0.2, -0.15) is 4.31 Å². The van der Waals surface area contributed by atoms with Gasteiger partial charge in [-0.3, -0.25) is 14.8 Å². The summed E-state index contributed by atoms with van der Waals surface area (Å²) in [7, 11) is -2.50. The Morgan fingerprint density at radius 3 is 2.24 bits per heavy atom. The van der Waals surface area contributed by atoms with Crippen molar-refractivity contribution in [2.45, 2.75) is 58.4 Å². The van der Waals surface area contributed by atoms with Crippen LogP contribution in [-0.2, 0) is 30.8 Å². The van der Waals surface area contributed by atoms with E-state index in [1.807, 2.05) is 95.3 Å². The minimum atomic E-state index is -4.04. The van der Waals surface area contributed by atoms with Crippen LogP contribution in [0.3, 0.4) is 0 Å². The number of hydrogen-bond acceptors (Lipinski definition) is 7. The van der Waals surface area contributed by atoms with Crippen molar-refractivity contribution < 1.29 is 28.0 Å². The summed E-state index contributed by atoms with van der Waals surface area (Å²) in [6, 6.07) is 21.9. The molecule has 2 amide bonds. The Kier molecular flexibility index (Phi) is 13.1. The number of sulfonamides is 1. The Balaban J connectivity index is 1.98. The predicted molar refractivity (Wildman–Crippen MR) is 176 cm³/mol. The van der Waals surface area contributed by atoms with E-state index in [0.29, 0.717) is 19.6 Å². The van der Waals surface area contributed by atoms with E-state index < -0.39 is 33.3 Å². The standard InChI is InChI=1S/C34H48N4O6S/c1-25(2)24-37(45(42,43)30-17-16-28-14-10-11-15-29(28)21-30)33(26(3)20-27-12-8-7-9-13-27)34(4,5)22-32(40)38(41)36-31(39)23-35-18-19-44-6/h7-17,21,25-26,33,35,41H,18-20,22-24H2,1-6H3,(H,36,39)/t26-,33+/m1/s1. The average Bonchev–Trinajstić information content (AvgIpc) is 2.98. The zero-order valence-electron chi connectivity index (χ0n) is 27.2. The number of nitrogens with zero attached hydrogens (tertiary/aromatic N) is 2. The second-order valence-corrected chi connectivity index (χ2v) is 14.6. The van der Waals surface area contributed by atoms with Crippen molar-refractivity contribution in [3.63, 3.8) is 0 Å². The second-order valence-electron chi connectivity index (χ2n) is 12.7. The lowest BCUT2D eigenvalue weighted by Gasteiger charge is -2.45. The van der Waals surface area contributed by atoms with Gasteiger partial charge in [-0.25, -0.2) is 13.8 Å². The molecule has 0 aliphatic heterocycles. The van der Waals surface area contributed by atoms with E-state index in [0.717, 1.165) is 16.3 Å². The molecule has 0 saturated carbocycles. The van der Waals surface area contributed by atoms with E-state index in [1.165, 1.54) is 0 Å². The number of carbonyl (C=O) groups excluding carboxylic acids is 2. The van der Waals surface area contributed by atoms with Crippen LogP contribution in [0.5, 0.6) is 0 Å². The monoisotopic (exact) mass is 640 g/mol. The maximum Gasteiger partial charge on any atom is 0.267 e. The van der Waals surface area contributed by atoms with Crippen molar-refractivity contribution in [2.24, 2.45) is 17.3 Å². The zero-order chi connectivity index (χ0) is 33.2. The van der Waals surface area contributed by atoms with Crippen molar-refractivity contribution in [1.82, 2.24) is 20.2 Å². The number of hydroxylamine groups is 1. The fraction of sp³-hybridized carbons (Fsp3) is 0.471. The molecule has 3 N–H and O–H groups in total. The first-order valence-corrected chi connectivity index (χ1v) is 16.8. The Labute approximate surface area is 267 Å². The molecule has 0 unspecified atom stereocenters. The van der Waals surface area contributed by atoms with Crippen LogP contribution in [0.1, 0.15) is 46.6 Å². The molecule has 0 aromatic heterocycles. The number of methoxy groups -OCH3 is 1. The molecule has 246 valence electrons. The summed E-state index contributed by atoms with van der Waals surface area (Å²) >= 11 is 0. The van der Waals surface area contributed by atoms with Crippen molar-refractivity contribution in [3.05, 3.63) is 78.4 Å². The lowest BCUT2D eigenvalue weighted by atomic mass is 9.73. The van der Waals surface area contributed by atoms with E-state index in [9.17, 15) is 23.2 Å². The lowest BCUT2D eigenvalue weighted by molar-refractivity contribution is -0.186. The van der Waals surface area contributed by atoms with Crippen molar-refractivity contribution in [1.29, 1.82) is 0 Å².